The molecule has 1 aliphatic heterocycles. The third-order valence-corrected chi connectivity index (χ3v) is 5.34. The molecule has 1 unspecified atom stereocenters. The second-order valence-corrected chi connectivity index (χ2v) is 7.57. The molecule has 0 radical (unpaired) electrons. The van der Waals surface area contributed by atoms with Crippen LogP contribution in [-0.4, -0.2) is 25.8 Å². The Bertz CT molecular complexity index is 598. The second-order valence-electron chi connectivity index (χ2n) is 4.90. The molecule has 1 saturated heterocycles. The van der Waals surface area contributed by atoms with Gasteiger partial charge >= 0.3 is 0 Å². The number of amides is 1. The van der Waals surface area contributed by atoms with Crippen LogP contribution in [0.4, 0.5) is 5.69 Å². The molecule has 104 valence electrons. The lowest BCUT2D eigenvalue weighted by Crippen LogP contribution is -2.34. The monoisotopic (exact) mass is 301 g/mol. The van der Waals surface area contributed by atoms with E-state index in [4.69, 9.17) is 11.6 Å². The Morgan fingerprint density at radius 1 is 1.42 bits per heavy atom. The smallest absolute Gasteiger partial charge is 0.228 e. The summed E-state index contributed by atoms with van der Waals surface area (Å²) in [5.41, 5.74) is 1.54. The summed E-state index contributed by atoms with van der Waals surface area (Å²) >= 11 is 5.85. The first kappa shape index (κ1) is 14.3. The van der Waals surface area contributed by atoms with E-state index < -0.39 is 15.8 Å². The van der Waals surface area contributed by atoms with E-state index in [1.54, 1.807) is 18.2 Å². The van der Waals surface area contributed by atoms with E-state index in [1.807, 2.05) is 6.92 Å². The number of benzene rings is 1. The average molecular weight is 302 g/mol. The summed E-state index contributed by atoms with van der Waals surface area (Å²) in [6, 6.07) is 5.18. The van der Waals surface area contributed by atoms with Crippen molar-refractivity contribution < 1.29 is 13.2 Å². The number of sulfone groups is 1. The molecule has 1 aromatic carbocycles. The summed E-state index contributed by atoms with van der Waals surface area (Å²) < 4.78 is 23.1. The van der Waals surface area contributed by atoms with Crippen LogP contribution in [0.3, 0.4) is 0 Å². The minimum atomic E-state index is -3.07. The number of hydrogen-bond donors (Lipinski definition) is 1. The fourth-order valence-electron chi connectivity index (χ4n) is 2.23. The van der Waals surface area contributed by atoms with Crippen LogP contribution >= 0.6 is 11.6 Å². The first-order valence-electron chi connectivity index (χ1n) is 6.15. The SMILES string of the molecule is Cc1cc(Cl)ccc1NC(=O)C1CCCS(=O)(=O)C1. The highest BCUT2D eigenvalue weighted by molar-refractivity contribution is 7.91. The predicted octanol–water partition coefficient (Wildman–Crippen LogP) is 2.41. The van der Waals surface area contributed by atoms with E-state index in [2.05, 4.69) is 5.32 Å². The number of halogens is 1. The molecule has 6 heteroatoms. The van der Waals surface area contributed by atoms with E-state index in [-0.39, 0.29) is 17.4 Å². The Morgan fingerprint density at radius 2 is 2.16 bits per heavy atom. The summed E-state index contributed by atoms with van der Waals surface area (Å²) in [5.74, 6) is -0.537. The van der Waals surface area contributed by atoms with Gasteiger partial charge in [0.15, 0.2) is 9.84 Å². The van der Waals surface area contributed by atoms with Crippen molar-refractivity contribution >= 4 is 33.0 Å². The third-order valence-electron chi connectivity index (χ3n) is 3.28. The zero-order valence-electron chi connectivity index (χ0n) is 10.6. The van der Waals surface area contributed by atoms with Gasteiger partial charge in [-0.15, -0.1) is 0 Å². The lowest BCUT2D eigenvalue weighted by atomic mass is 10.0. The van der Waals surface area contributed by atoms with E-state index in [1.165, 1.54) is 0 Å². The molecular weight excluding hydrogens is 286 g/mol. The topological polar surface area (TPSA) is 63.2 Å². The maximum Gasteiger partial charge on any atom is 0.228 e. The van der Waals surface area contributed by atoms with Crippen molar-refractivity contribution in [3.8, 4) is 0 Å². The highest BCUT2D eigenvalue weighted by Gasteiger charge is 2.29. The van der Waals surface area contributed by atoms with Crippen LogP contribution in [0.1, 0.15) is 18.4 Å². The molecule has 1 amide bonds. The van der Waals surface area contributed by atoms with Crippen LogP contribution in [0, 0.1) is 12.8 Å². The largest absolute Gasteiger partial charge is 0.326 e. The molecule has 4 nitrogen and oxygen atoms in total. The Morgan fingerprint density at radius 3 is 2.79 bits per heavy atom. The molecule has 1 heterocycles. The maximum absolute atomic E-state index is 12.1. The van der Waals surface area contributed by atoms with E-state index >= 15 is 0 Å². The van der Waals surface area contributed by atoms with E-state index in [0.29, 0.717) is 23.6 Å². The van der Waals surface area contributed by atoms with Gasteiger partial charge in [0, 0.05) is 10.7 Å². The van der Waals surface area contributed by atoms with Crippen molar-refractivity contribution in [1.82, 2.24) is 0 Å². The summed E-state index contributed by atoms with van der Waals surface area (Å²) in [6.45, 7) is 1.85. The number of aryl methyl sites for hydroxylation is 1. The van der Waals surface area contributed by atoms with Gasteiger partial charge in [-0.05, 0) is 43.5 Å². The molecule has 0 bridgehead atoms. The molecule has 1 N–H and O–H groups in total. The van der Waals surface area contributed by atoms with Gasteiger partial charge in [0.25, 0.3) is 0 Å². The summed E-state index contributed by atoms with van der Waals surface area (Å²) in [5, 5.41) is 3.39. The number of carbonyl (C=O) groups is 1. The van der Waals surface area contributed by atoms with Crippen LogP contribution in [0.2, 0.25) is 5.02 Å². The van der Waals surface area contributed by atoms with Crippen LogP contribution in [-0.2, 0) is 14.6 Å². The highest BCUT2D eigenvalue weighted by Crippen LogP contribution is 2.23. The molecule has 1 aliphatic rings. The van der Waals surface area contributed by atoms with E-state index in [0.717, 1.165) is 5.56 Å². The molecule has 19 heavy (non-hydrogen) atoms. The molecule has 1 atom stereocenters. The lowest BCUT2D eigenvalue weighted by Gasteiger charge is -2.21. The van der Waals surface area contributed by atoms with Crippen molar-refractivity contribution in [2.24, 2.45) is 5.92 Å². The number of hydrogen-bond acceptors (Lipinski definition) is 3. The van der Waals surface area contributed by atoms with Gasteiger partial charge < -0.3 is 5.32 Å². The van der Waals surface area contributed by atoms with Crippen molar-refractivity contribution in [1.29, 1.82) is 0 Å². The van der Waals surface area contributed by atoms with Crippen LogP contribution in [0.15, 0.2) is 18.2 Å². The summed E-state index contributed by atoms with van der Waals surface area (Å²) in [4.78, 5) is 12.1. The van der Waals surface area contributed by atoms with Crippen LogP contribution < -0.4 is 5.32 Å². The van der Waals surface area contributed by atoms with Gasteiger partial charge in [0.2, 0.25) is 5.91 Å². The van der Waals surface area contributed by atoms with Crippen LogP contribution in [0.5, 0.6) is 0 Å². The van der Waals surface area contributed by atoms with Gasteiger partial charge in [-0.3, -0.25) is 4.79 Å². The Kier molecular flexibility index (Phi) is 4.16. The molecule has 2 rings (SSSR count). The number of carbonyl (C=O) groups excluding carboxylic acids is 1. The van der Waals surface area contributed by atoms with Crippen LogP contribution in [0.25, 0.3) is 0 Å². The highest BCUT2D eigenvalue weighted by atomic mass is 35.5. The standard InChI is InChI=1S/C13H16ClNO3S/c1-9-7-11(14)4-5-12(9)15-13(16)10-3-2-6-19(17,18)8-10/h4-5,7,10H,2-3,6,8H2,1H3,(H,15,16). The minimum Gasteiger partial charge on any atom is -0.326 e. The molecule has 1 aromatic rings. The van der Waals surface area contributed by atoms with Crippen molar-refractivity contribution in [3.05, 3.63) is 28.8 Å². The number of nitrogens with one attached hydrogen (secondary N) is 1. The lowest BCUT2D eigenvalue weighted by molar-refractivity contribution is -0.119. The number of anilines is 1. The normalized spacial score (nSPS) is 21.9. The molecule has 1 fully saturated rings. The second kappa shape index (κ2) is 5.51. The first-order chi connectivity index (χ1) is 8.87. The molecular formula is C13H16ClNO3S. The third kappa shape index (κ3) is 3.70. The molecule has 0 aromatic heterocycles. The fraction of sp³-hybridized carbons (Fsp3) is 0.462. The molecule has 0 saturated carbocycles. The zero-order valence-corrected chi connectivity index (χ0v) is 12.2. The summed E-state index contributed by atoms with van der Waals surface area (Å²) in [6.07, 6.45) is 1.18. The Labute approximate surface area is 118 Å². The zero-order chi connectivity index (χ0) is 14.0. The Hall–Kier alpha value is -1.07. The van der Waals surface area contributed by atoms with Crippen molar-refractivity contribution in [2.75, 3.05) is 16.8 Å². The quantitative estimate of drug-likeness (QED) is 0.912. The van der Waals surface area contributed by atoms with Crippen molar-refractivity contribution in [2.45, 2.75) is 19.8 Å². The maximum atomic E-state index is 12.1. The van der Waals surface area contributed by atoms with Gasteiger partial charge in [0.05, 0.1) is 17.4 Å². The van der Waals surface area contributed by atoms with Gasteiger partial charge in [-0.25, -0.2) is 8.42 Å². The molecule has 0 spiro atoms. The van der Waals surface area contributed by atoms with Crippen molar-refractivity contribution in [3.63, 3.8) is 0 Å². The number of rotatable bonds is 2. The van der Waals surface area contributed by atoms with E-state index in [9.17, 15) is 13.2 Å². The average Bonchev–Trinajstić information content (AvgIpc) is 2.31. The van der Waals surface area contributed by atoms with Gasteiger partial charge in [0.1, 0.15) is 0 Å². The molecule has 0 aliphatic carbocycles. The van der Waals surface area contributed by atoms with Gasteiger partial charge in [-0.1, -0.05) is 11.6 Å². The Balaban J connectivity index is 2.08. The minimum absolute atomic E-state index is 0.0501. The first-order valence-corrected chi connectivity index (χ1v) is 8.35. The summed E-state index contributed by atoms with van der Waals surface area (Å²) in [7, 11) is -3.07. The predicted molar refractivity (Wildman–Crippen MR) is 76.2 cm³/mol. The fourth-order valence-corrected chi connectivity index (χ4v) is 4.16. The van der Waals surface area contributed by atoms with Gasteiger partial charge in [-0.2, -0.15) is 0 Å².